The molecule has 10 aliphatic rings. The Hall–Kier alpha value is 0.339. The molecule has 0 nitrogen and oxygen atoms in total. The van der Waals surface area contributed by atoms with Gasteiger partial charge in [0, 0.05) is 0 Å². The molecule has 0 aromatic carbocycles. The summed E-state index contributed by atoms with van der Waals surface area (Å²) < 4.78 is 1.98. The monoisotopic (exact) mass is 410 g/mol. The number of hydrogen-bond acceptors (Lipinski definition) is 0. The van der Waals surface area contributed by atoms with E-state index in [-0.39, 0.29) is 15.8 Å². The van der Waals surface area contributed by atoms with E-state index in [4.69, 9.17) is 0 Å². The fraction of sp³-hybridized carbons (Fsp3) is 0.636. The quantitative estimate of drug-likeness (QED) is 0.209. The average molecular weight is 410 g/mol. The van der Waals surface area contributed by atoms with Crippen LogP contribution in [0.4, 0.5) is 0 Å². The van der Waals surface area contributed by atoms with Crippen LogP contribution in [0.3, 0.4) is 0 Å². The van der Waals surface area contributed by atoms with Gasteiger partial charge in [0.25, 0.3) is 0 Å². The fourth-order valence-corrected chi connectivity index (χ4v) is 128. The van der Waals surface area contributed by atoms with Crippen LogP contribution in [0.1, 0.15) is 0 Å². The summed E-state index contributed by atoms with van der Waals surface area (Å²) >= 11 is 0. The summed E-state index contributed by atoms with van der Waals surface area (Å²) in [6.07, 6.45) is 14.6. The molecule has 10 aliphatic heterocycles. The Morgan fingerprint density at radius 1 is 0.600 bits per heavy atom. The zero-order valence-corrected chi connectivity index (χ0v) is 17.7. The summed E-state index contributed by atoms with van der Waals surface area (Å²) in [5.74, 6) is 0. The molecule has 10 fully saturated rings. The van der Waals surface area contributed by atoms with Gasteiger partial charge in [-0.2, -0.15) is 0 Å². The van der Waals surface area contributed by atoms with Gasteiger partial charge in [-0.1, -0.05) is 0 Å². The van der Waals surface area contributed by atoms with Gasteiger partial charge in [-0.15, -0.1) is 0 Å². The molecule has 10 saturated heterocycles. The first-order valence-electron chi connectivity index (χ1n) is 10.1. The van der Waals surface area contributed by atoms with Crippen molar-refractivity contribution in [1.29, 1.82) is 0 Å². The standard InChI is InChI=1S/C17H23P2.C5H5.Fe/c1-5-12-18(13-6-2)16-10-9-11-17(16)19(14-7-3)15-8-4;1-2-4-5-3-1;/h5-11H,1-4,12-15H2;1-5H;. The predicted molar refractivity (Wildman–Crippen MR) is 110 cm³/mol. The number of allylic oxidation sites excluding steroid dienone is 4. The van der Waals surface area contributed by atoms with E-state index in [1.54, 1.807) is 0 Å². The molecular formula is C22H28FeP2. The predicted octanol–water partition coefficient (Wildman–Crippen LogP) is 6.90. The van der Waals surface area contributed by atoms with Gasteiger partial charge >= 0.3 is 144 Å². The van der Waals surface area contributed by atoms with E-state index in [0.29, 0.717) is 0 Å². The van der Waals surface area contributed by atoms with Crippen molar-refractivity contribution in [3.05, 3.63) is 50.6 Å². The van der Waals surface area contributed by atoms with Crippen molar-refractivity contribution in [1.82, 2.24) is 0 Å². The SMILES string of the molecule is C=CCP(CC=C)[C]12[CH]3[CH]4[CH]5[C]1(P(CC=C)CC=C)[Fe]43521678[CH]2[CH]1[CH]6[CH]7[CH]28. The molecule has 0 amide bonds. The van der Waals surface area contributed by atoms with Gasteiger partial charge in [0.2, 0.25) is 0 Å². The minimum atomic E-state index is -3.29. The molecule has 4 unspecified atom stereocenters. The van der Waals surface area contributed by atoms with Crippen LogP contribution in [0.15, 0.2) is 50.6 Å². The summed E-state index contributed by atoms with van der Waals surface area (Å²) in [4.78, 5) is 11.2. The van der Waals surface area contributed by atoms with E-state index in [0.717, 1.165) is 8.11 Å². The molecule has 10 rings (SSSR count). The van der Waals surface area contributed by atoms with E-state index in [1.165, 1.54) is 63.2 Å². The Kier molecular flexibility index (Phi) is 0.743. The number of fused-ring (bicyclic) bond motifs is 10. The number of rotatable bonds is 10. The van der Waals surface area contributed by atoms with E-state index in [1.807, 2.05) is 0 Å². The van der Waals surface area contributed by atoms with E-state index >= 15 is 0 Å². The maximum absolute atomic E-state index is 4.21. The van der Waals surface area contributed by atoms with Crippen LogP contribution in [0.2, 0.25) is 38.5 Å². The van der Waals surface area contributed by atoms with Crippen LogP contribution in [0, 0.1) is 0 Å². The molecular weight excluding hydrogens is 382 g/mol. The van der Waals surface area contributed by atoms with Gasteiger partial charge in [0.05, 0.1) is 0 Å². The third-order valence-electron chi connectivity index (χ3n) is 17.0. The molecule has 0 bridgehead atoms. The summed E-state index contributed by atoms with van der Waals surface area (Å²) in [5, 5.41) is 0. The molecule has 0 radical (unpaired) electrons. The Bertz CT molecular complexity index is 1130. The average Bonchev–Trinajstić information content (AvgIpc) is 3.54. The zero-order chi connectivity index (χ0) is 16.7. The fourth-order valence-electron chi connectivity index (χ4n) is 19.4. The first kappa shape index (κ1) is 12.7. The molecule has 3 heteroatoms. The number of hydrogen-bond donors (Lipinski definition) is 0. The Labute approximate surface area is 144 Å². The minimum absolute atomic E-state index is 0.131. The molecule has 10 heterocycles. The second-order valence-electron chi connectivity index (χ2n) is 12.6. The molecule has 1 spiro atoms. The van der Waals surface area contributed by atoms with Crippen molar-refractivity contribution < 1.29 is 6.51 Å². The molecule has 4 atom stereocenters. The molecule has 0 saturated carbocycles. The molecule has 0 N–H and O–H groups in total. The van der Waals surface area contributed by atoms with Crippen LogP contribution in [-0.2, 0) is 6.51 Å². The summed E-state index contributed by atoms with van der Waals surface area (Å²) in [7, 11) is 0.261. The van der Waals surface area contributed by atoms with Gasteiger partial charge in [-0.25, -0.2) is 0 Å². The first-order chi connectivity index (χ1) is 12.0. The third-order valence-corrected chi connectivity index (χ3v) is 74.6. The van der Waals surface area contributed by atoms with Crippen molar-refractivity contribution in [2.75, 3.05) is 24.6 Å². The van der Waals surface area contributed by atoms with Crippen molar-refractivity contribution in [2.45, 2.75) is 46.6 Å². The molecule has 0 aromatic rings. The van der Waals surface area contributed by atoms with E-state index < -0.39 is 6.51 Å². The van der Waals surface area contributed by atoms with Gasteiger partial charge in [-0.05, 0) is 0 Å². The van der Waals surface area contributed by atoms with Gasteiger partial charge < -0.3 is 0 Å². The summed E-state index contributed by atoms with van der Waals surface area (Å²) in [5.41, 5.74) is 0. The van der Waals surface area contributed by atoms with Crippen LogP contribution in [-0.4, -0.2) is 32.8 Å². The first-order valence-corrected chi connectivity index (χ1v) is 19.8. The van der Waals surface area contributed by atoms with Crippen LogP contribution in [0.25, 0.3) is 0 Å². The summed E-state index contributed by atoms with van der Waals surface area (Å²) in [6.45, 7) is 13.6. The van der Waals surface area contributed by atoms with E-state index in [2.05, 4.69) is 50.6 Å². The second-order valence-corrected chi connectivity index (χ2v) is 41.7. The van der Waals surface area contributed by atoms with Crippen molar-refractivity contribution >= 4 is 15.8 Å². The van der Waals surface area contributed by atoms with Gasteiger partial charge in [0.1, 0.15) is 0 Å². The zero-order valence-electron chi connectivity index (χ0n) is 14.8. The van der Waals surface area contributed by atoms with Gasteiger partial charge in [-0.3, -0.25) is 0 Å². The second kappa shape index (κ2) is 1.46. The Balaban J connectivity index is 1.36. The molecule has 0 aliphatic carbocycles. The van der Waals surface area contributed by atoms with Crippen LogP contribution in [0.5, 0.6) is 0 Å². The summed E-state index contributed by atoms with van der Waals surface area (Å²) in [6, 6.07) is 0. The van der Waals surface area contributed by atoms with Crippen molar-refractivity contribution in [3.63, 3.8) is 0 Å². The Morgan fingerprint density at radius 2 is 0.920 bits per heavy atom. The molecule has 134 valence electrons. The maximum atomic E-state index is 4.21. The normalized spacial score (nSPS) is 87.6. The van der Waals surface area contributed by atoms with Crippen LogP contribution >= 0.6 is 15.8 Å². The van der Waals surface area contributed by atoms with Gasteiger partial charge in [0.15, 0.2) is 0 Å². The Morgan fingerprint density at radius 3 is 1.12 bits per heavy atom. The molecule has 25 heavy (non-hydrogen) atoms. The van der Waals surface area contributed by atoms with E-state index in [9.17, 15) is 0 Å². The third kappa shape index (κ3) is 0.192. The topological polar surface area (TPSA) is 0 Å². The van der Waals surface area contributed by atoms with Crippen LogP contribution < -0.4 is 0 Å². The molecule has 0 aromatic heterocycles. The van der Waals surface area contributed by atoms with Crippen molar-refractivity contribution in [3.8, 4) is 0 Å². The van der Waals surface area contributed by atoms with Crippen molar-refractivity contribution in [2.24, 2.45) is 0 Å².